The number of methoxy groups -OCH3 is 1. The number of allylic oxidation sites excluding steroid dienone is 2. The lowest BCUT2D eigenvalue weighted by Gasteiger charge is -2.34. The Morgan fingerprint density at radius 3 is 2.59 bits per heavy atom. The molecule has 2 aromatic rings. The van der Waals surface area contributed by atoms with Gasteiger partial charge in [0.15, 0.2) is 5.69 Å². The average molecular weight is 615 g/mol. The Morgan fingerprint density at radius 1 is 1.18 bits per heavy atom. The molecule has 1 fully saturated rings. The molecule has 0 spiro atoms. The SMILES string of the molecule is CC[C@@H]1[C@@H]2CN(C(=O)[C@H](C(C)(C)C)NC(=O)O[C@@H]3C=C3C/C=C/CC(F)(F)c3nc4ccc(OC)cc4nc3O2)[C@@H]1C(=O)O. The zero-order valence-corrected chi connectivity index (χ0v) is 25.2. The van der Waals surface area contributed by atoms with Gasteiger partial charge in [0.2, 0.25) is 11.8 Å². The number of rotatable bonds is 3. The van der Waals surface area contributed by atoms with Gasteiger partial charge >= 0.3 is 12.1 Å². The fourth-order valence-corrected chi connectivity index (χ4v) is 5.71. The summed E-state index contributed by atoms with van der Waals surface area (Å²) in [6, 6.07) is 2.14. The van der Waals surface area contributed by atoms with Crippen LogP contribution < -0.4 is 14.8 Å². The highest BCUT2D eigenvalue weighted by Gasteiger charge is 2.52. The smallest absolute Gasteiger partial charge is 0.408 e. The number of aliphatic carboxylic acids is 1. The predicted octanol–water partition coefficient (Wildman–Crippen LogP) is 4.60. The first-order chi connectivity index (χ1) is 20.7. The number of carbonyl (C=O) groups is 3. The maximum Gasteiger partial charge on any atom is 0.408 e. The van der Waals surface area contributed by atoms with Crippen molar-refractivity contribution in [3.05, 3.63) is 47.7 Å². The first-order valence-corrected chi connectivity index (χ1v) is 14.5. The van der Waals surface area contributed by atoms with Gasteiger partial charge in [-0.1, -0.05) is 39.8 Å². The van der Waals surface area contributed by atoms with Crippen molar-refractivity contribution >= 4 is 29.0 Å². The van der Waals surface area contributed by atoms with Crippen molar-refractivity contribution in [2.75, 3.05) is 13.7 Å². The number of aromatic nitrogens is 2. The lowest BCUT2D eigenvalue weighted by Crippen LogP contribution is -2.57. The van der Waals surface area contributed by atoms with Crippen molar-refractivity contribution in [3.63, 3.8) is 0 Å². The number of hydrogen-bond acceptors (Lipinski definition) is 8. The van der Waals surface area contributed by atoms with Gasteiger partial charge in [0.1, 0.15) is 30.0 Å². The molecule has 0 saturated carbocycles. The van der Waals surface area contributed by atoms with E-state index in [-0.39, 0.29) is 30.4 Å². The summed E-state index contributed by atoms with van der Waals surface area (Å²) in [4.78, 5) is 49.2. The van der Waals surface area contributed by atoms with Crippen LogP contribution in [0.3, 0.4) is 0 Å². The molecule has 5 atom stereocenters. The quantitative estimate of drug-likeness (QED) is 0.475. The molecule has 2 amide bonds. The number of ether oxygens (including phenoxy) is 3. The van der Waals surface area contributed by atoms with Gasteiger partial charge in [-0.3, -0.25) is 4.79 Å². The maximum absolute atomic E-state index is 15.8. The minimum Gasteiger partial charge on any atom is -0.497 e. The van der Waals surface area contributed by atoms with Crippen LogP contribution in [0.25, 0.3) is 11.0 Å². The number of benzene rings is 1. The molecule has 44 heavy (non-hydrogen) atoms. The molecule has 1 aliphatic carbocycles. The van der Waals surface area contributed by atoms with E-state index in [4.69, 9.17) is 14.2 Å². The number of carbonyl (C=O) groups excluding carboxylic acids is 2. The Morgan fingerprint density at radius 2 is 1.93 bits per heavy atom. The van der Waals surface area contributed by atoms with Gasteiger partial charge in [0.25, 0.3) is 5.92 Å². The molecular weight excluding hydrogens is 578 g/mol. The summed E-state index contributed by atoms with van der Waals surface area (Å²) in [5.74, 6) is -6.25. The van der Waals surface area contributed by atoms with E-state index in [9.17, 15) is 19.5 Å². The van der Waals surface area contributed by atoms with E-state index in [2.05, 4.69) is 15.3 Å². The van der Waals surface area contributed by atoms with E-state index in [1.165, 1.54) is 25.3 Å². The summed E-state index contributed by atoms with van der Waals surface area (Å²) < 4.78 is 48.5. The van der Waals surface area contributed by atoms with Crippen LogP contribution in [0.4, 0.5) is 13.6 Å². The van der Waals surface area contributed by atoms with Crippen LogP contribution in [0.15, 0.2) is 42.0 Å². The zero-order valence-electron chi connectivity index (χ0n) is 25.2. The second-order valence-corrected chi connectivity index (χ2v) is 12.3. The topological polar surface area (TPSA) is 140 Å². The van der Waals surface area contributed by atoms with E-state index >= 15 is 8.78 Å². The molecule has 0 radical (unpaired) electrons. The third-order valence-corrected chi connectivity index (χ3v) is 8.18. The third kappa shape index (κ3) is 6.18. The molecule has 1 saturated heterocycles. The van der Waals surface area contributed by atoms with Crippen LogP contribution in [0, 0.1) is 11.3 Å². The molecule has 236 valence electrons. The van der Waals surface area contributed by atoms with Gasteiger partial charge in [-0.15, -0.1) is 0 Å². The summed E-state index contributed by atoms with van der Waals surface area (Å²) in [6.45, 7) is 6.69. The fourth-order valence-electron chi connectivity index (χ4n) is 5.71. The van der Waals surface area contributed by atoms with Crippen LogP contribution in [-0.2, 0) is 20.2 Å². The Bertz CT molecular complexity index is 1540. The summed E-state index contributed by atoms with van der Waals surface area (Å²) in [7, 11) is 1.46. The van der Waals surface area contributed by atoms with Crippen molar-refractivity contribution in [2.45, 2.75) is 77.2 Å². The Hall–Kier alpha value is -4.29. The largest absolute Gasteiger partial charge is 0.497 e. The van der Waals surface area contributed by atoms with Crippen LogP contribution in [0.2, 0.25) is 0 Å². The fraction of sp³-hybridized carbons (Fsp3) is 0.516. The number of carboxylic acid groups (broad SMARTS) is 1. The molecule has 3 aliphatic rings. The Kier molecular flexibility index (Phi) is 8.25. The molecule has 13 heteroatoms. The Balaban J connectivity index is 1.61. The van der Waals surface area contributed by atoms with Crippen molar-refractivity contribution in [1.82, 2.24) is 20.2 Å². The van der Waals surface area contributed by atoms with Crippen molar-refractivity contribution in [1.29, 1.82) is 0 Å². The number of alkyl carbamates (subject to hydrolysis) is 1. The number of fused-ring (bicyclic) bond motifs is 5. The zero-order chi connectivity index (χ0) is 32.0. The van der Waals surface area contributed by atoms with Gasteiger partial charge in [-0.25, -0.2) is 19.6 Å². The van der Waals surface area contributed by atoms with Crippen molar-refractivity contribution < 1.29 is 42.5 Å². The van der Waals surface area contributed by atoms with E-state index in [1.807, 2.05) is 0 Å². The van der Waals surface area contributed by atoms with Gasteiger partial charge in [-0.05, 0) is 42.0 Å². The van der Waals surface area contributed by atoms with Gasteiger partial charge in [0.05, 0.1) is 24.7 Å². The highest BCUT2D eigenvalue weighted by molar-refractivity contribution is 5.91. The molecular formula is C31H36F2N4O7. The first kappa shape index (κ1) is 31.1. The van der Waals surface area contributed by atoms with Crippen LogP contribution in [0.5, 0.6) is 11.6 Å². The van der Waals surface area contributed by atoms with Crippen LogP contribution in [0.1, 0.15) is 52.7 Å². The minimum atomic E-state index is -3.51. The molecule has 0 unspecified atom stereocenters. The lowest BCUT2D eigenvalue weighted by atomic mass is 9.85. The number of nitrogens with one attached hydrogen (secondary N) is 1. The summed E-state index contributed by atoms with van der Waals surface area (Å²) in [5.41, 5.74) is -0.361. The monoisotopic (exact) mass is 614 g/mol. The minimum absolute atomic E-state index is 0.199. The molecule has 2 N–H and O–H groups in total. The van der Waals surface area contributed by atoms with Crippen LogP contribution >= 0.6 is 0 Å². The number of carboxylic acids is 1. The van der Waals surface area contributed by atoms with Gasteiger partial charge < -0.3 is 29.5 Å². The highest BCUT2D eigenvalue weighted by Crippen LogP contribution is 2.40. The lowest BCUT2D eigenvalue weighted by molar-refractivity contribution is -0.151. The maximum atomic E-state index is 15.8. The highest BCUT2D eigenvalue weighted by atomic mass is 19.3. The second kappa shape index (κ2) is 11.7. The molecule has 5 rings (SSSR count). The number of hydrogen-bond donors (Lipinski definition) is 2. The normalized spacial score (nSPS) is 27.8. The van der Waals surface area contributed by atoms with E-state index in [0.717, 1.165) is 10.5 Å². The summed E-state index contributed by atoms with van der Waals surface area (Å²) in [5, 5.41) is 12.9. The second-order valence-electron chi connectivity index (χ2n) is 12.3. The summed E-state index contributed by atoms with van der Waals surface area (Å²) in [6.07, 6.45) is 1.91. The predicted molar refractivity (Wildman–Crippen MR) is 154 cm³/mol. The number of amides is 2. The van der Waals surface area contributed by atoms with E-state index in [1.54, 1.807) is 45.9 Å². The molecule has 3 heterocycles. The molecule has 1 aromatic heterocycles. The van der Waals surface area contributed by atoms with Crippen LogP contribution in [-0.4, -0.2) is 75.9 Å². The molecule has 1 aromatic carbocycles. The van der Waals surface area contributed by atoms with Gasteiger partial charge in [-0.2, -0.15) is 8.78 Å². The number of nitrogens with zero attached hydrogens (tertiary/aromatic N) is 3. The summed E-state index contributed by atoms with van der Waals surface area (Å²) >= 11 is 0. The van der Waals surface area contributed by atoms with Gasteiger partial charge in [0, 0.05) is 18.4 Å². The third-order valence-electron chi connectivity index (χ3n) is 8.18. The number of alkyl halides is 2. The van der Waals surface area contributed by atoms with E-state index < -0.39 is 77.5 Å². The molecule has 11 nitrogen and oxygen atoms in total. The molecule has 2 bridgehead atoms. The Labute approximate surface area is 253 Å². The number of halogens is 2. The van der Waals surface area contributed by atoms with E-state index in [0.29, 0.717) is 5.75 Å². The van der Waals surface area contributed by atoms with Crippen molar-refractivity contribution in [3.8, 4) is 11.6 Å². The first-order valence-electron chi connectivity index (χ1n) is 14.5. The standard InChI is InChI=1S/C31H36F2N4O7/c1-6-18-22-15-37(23(18)28(39)40)27(38)25(30(2,3)4)36-29(41)44-21-13-16(21)9-7-8-12-31(32,33)24-26(43-22)35-20-14-17(42-5)10-11-19(20)34-24/h7-8,10-11,13-14,18,21-23,25H,6,9,12,15H2,1-5H3,(H,36,41)(H,39,40)/b8-7+/t18-,21-,22+,23+,25-/m1/s1. The average Bonchev–Trinajstić information content (AvgIpc) is 3.58. The molecule has 2 aliphatic heterocycles. The van der Waals surface area contributed by atoms with Crippen molar-refractivity contribution in [2.24, 2.45) is 11.3 Å².